The topological polar surface area (TPSA) is 116 Å². The third-order valence-corrected chi connectivity index (χ3v) is 6.97. The molecule has 0 spiro atoms. The summed E-state index contributed by atoms with van der Waals surface area (Å²) in [6.07, 6.45) is 7.40. The van der Waals surface area contributed by atoms with E-state index >= 15 is 0 Å². The summed E-state index contributed by atoms with van der Waals surface area (Å²) in [7, 11) is 1.55. The molecule has 1 unspecified atom stereocenters. The standard InChI is InChI=1S/C24H32N6O4/c1-32-24-20(25)11-17(12-26-24)29-7-3-21-19(14-29)23(28-15-27-21)34-18-2-6-30(13-18)22(31)10-16-4-8-33-9-5-16/h11-12,15-16,18H,2-10,13-14,25H2,1H3. The molecular formula is C24H32N6O4. The van der Waals surface area contributed by atoms with Gasteiger partial charge in [0.2, 0.25) is 17.7 Å². The van der Waals surface area contributed by atoms with E-state index < -0.39 is 0 Å². The predicted octanol–water partition coefficient (Wildman–Crippen LogP) is 1.82. The molecule has 5 rings (SSSR count). The Balaban J connectivity index is 1.23. The van der Waals surface area contributed by atoms with Crippen molar-refractivity contribution in [2.45, 2.75) is 44.8 Å². The van der Waals surface area contributed by atoms with Crippen LogP contribution in [0.2, 0.25) is 0 Å². The molecule has 1 atom stereocenters. The number of methoxy groups -OCH3 is 1. The highest BCUT2D eigenvalue weighted by Crippen LogP contribution is 2.32. The van der Waals surface area contributed by atoms with Crippen molar-refractivity contribution in [2.75, 3.05) is 50.6 Å². The lowest BCUT2D eigenvalue weighted by Crippen LogP contribution is -2.34. The van der Waals surface area contributed by atoms with E-state index in [1.54, 1.807) is 19.6 Å². The maximum atomic E-state index is 12.8. The van der Waals surface area contributed by atoms with Gasteiger partial charge in [0.15, 0.2) is 0 Å². The van der Waals surface area contributed by atoms with Crippen LogP contribution in [0, 0.1) is 5.92 Å². The van der Waals surface area contributed by atoms with Crippen LogP contribution in [-0.4, -0.2) is 71.8 Å². The Labute approximate surface area is 199 Å². The molecular weight excluding hydrogens is 436 g/mol. The summed E-state index contributed by atoms with van der Waals surface area (Å²) >= 11 is 0. The maximum Gasteiger partial charge on any atom is 0.236 e. The summed E-state index contributed by atoms with van der Waals surface area (Å²) in [4.78, 5) is 30.2. The van der Waals surface area contributed by atoms with Gasteiger partial charge >= 0.3 is 0 Å². The fraction of sp³-hybridized carbons (Fsp3) is 0.583. The molecule has 2 N–H and O–H groups in total. The average molecular weight is 469 g/mol. The first-order valence-electron chi connectivity index (χ1n) is 12.0. The van der Waals surface area contributed by atoms with E-state index in [1.807, 2.05) is 11.0 Å². The normalized spacial score (nSPS) is 20.8. The van der Waals surface area contributed by atoms with Gasteiger partial charge in [-0.05, 0) is 24.8 Å². The van der Waals surface area contributed by atoms with Crippen LogP contribution in [0.15, 0.2) is 18.6 Å². The molecule has 0 aromatic carbocycles. The van der Waals surface area contributed by atoms with Crippen molar-refractivity contribution in [1.82, 2.24) is 19.9 Å². The van der Waals surface area contributed by atoms with Gasteiger partial charge < -0.3 is 29.7 Å². The van der Waals surface area contributed by atoms with Gasteiger partial charge in [0, 0.05) is 45.6 Å². The number of nitrogens with two attached hydrogens (primary N) is 1. The second kappa shape index (κ2) is 10.0. The smallest absolute Gasteiger partial charge is 0.236 e. The van der Waals surface area contributed by atoms with Gasteiger partial charge in [0.05, 0.1) is 49.0 Å². The van der Waals surface area contributed by atoms with Gasteiger partial charge in [-0.3, -0.25) is 4.79 Å². The van der Waals surface area contributed by atoms with E-state index in [9.17, 15) is 4.79 Å². The van der Waals surface area contributed by atoms with Crippen LogP contribution >= 0.6 is 0 Å². The fourth-order valence-electron chi connectivity index (χ4n) is 4.97. The summed E-state index contributed by atoms with van der Waals surface area (Å²) in [5, 5.41) is 0. The average Bonchev–Trinajstić information content (AvgIpc) is 3.33. The van der Waals surface area contributed by atoms with E-state index in [0.717, 1.165) is 68.9 Å². The van der Waals surface area contributed by atoms with E-state index in [-0.39, 0.29) is 12.0 Å². The van der Waals surface area contributed by atoms with Gasteiger partial charge in [0.25, 0.3) is 0 Å². The van der Waals surface area contributed by atoms with Crippen LogP contribution in [0.4, 0.5) is 11.4 Å². The number of fused-ring (bicyclic) bond motifs is 1. The van der Waals surface area contributed by atoms with E-state index in [2.05, 4.69) is 19.9 Å². The van der Waals surface area contributed by atoms with Crippen LogP contribution in [-0.2, 0) is 22.5 Å². The fourth-order valence-corrected chi connectivity index (χ4v) is 4.97. The predicted molar refractivity (Wildman–Crippen MR) is 126 cm³/mol. The molecule has 2 aromatic rings. The Hall–Kier alpha value is -3.14. The highest BCUT2D eigenvalue weighted by atomic mass is 16.5. The second-order valence-electron chi connectivity index (χ2n) is 9.20. The van der Waals surface area contributed by atoms with Crippen molar-refractivity contribution >= 4 is 17.3 Å². The molecule has 0 saturated carbocycles. The molecule has 5 heterocycles. The Bertz CT molecular complexity index is 1030. The van der Waals surface area contributed by atoms with Crippen molar-refractivity contribution in [3.8, 4) is 11.8 Å². The van der Waals surface area contributed by atoms with Crippen molar-refractivity contribution < 1.29 is 19.0 Å². The number of aromatic nitrogens is 3. The Morgan fingerprint density at radius 1 is 1.18 bits per heavy atom. The van der Waals surface area contributed by atoms with E-state index in [1.165, 1.54) is 0 Å². The number of likely N-dealkylation sites (tertiary alicyclic amines) is 1. The van der Waals surface area contributed by atoms with E-state index in [0.29, 0.717) is 42.9 Å². The van der Waals surface area contributed by atoms with Crippen molar-refractivity contribution in [1.29, 1.82) is 0 Å². The third-order valence-electron chi connectivity index (χ3n) is 6.97. The zero-order valence-corrected chi connectivity index (χ0v) is 19.6. The molecule has 2 aromatic heterocycles. The van der Waals surface area contributed by atoms with Gasteiger partial charge in [-0.25, -0.2) is 15.0 Å². The lowest BCUT2D eigenvalue weighted by Gasteiger charge is -2.31. The number of ether oxygens (including phenoxy) is 3. The van der Waals surface area contributed by atoms with Gasteiger partial charge in [0.1, 0.15) is 12.4 Å². The summed E-state index contributed by atoms with van der Waals surface area (Å²) in [6.45, 7) is 4.26. The molecule has 10 nitrogen and oxygen atoms in total. The molecule has 10 heteroatoms. The van der Waals surface area contributed by atoms with E-state index in [4.69, 9.17) is 19.9 Å². The molecule has 0 aliphatic carbocycles. The number of hydrogen-bond acceptors (Lipinski definition) is 9. The summed E-state index contributed by atoms with van der Waals surface area (Å²) in [6, 6.07) is 1.88. The zero-order valence-electron chi connectivity index (χ0n) is 19.6. The minimum atomic E-state index is -0.0636. The van der Waals surface area contributed by atoms with Crippen LogP contribution in [0.1, 0.15) is 36.9 Å². The Morgan fingerprint density at radius 2 is 2.03 bits per heavy atom. The Morgan fingerprint density at radius 3 is 2.82 bits per heavy atom. The molecule has 0 radical (unpaired) electrons. The number of anilines is 2. The van der Waals surface area contributed by atoms with Crippen LogP contribution in [0.25, 0.3) is 0 Å². The molecule has 0 bridgehead atoms. The molecule has 2 fully saturated rings. The Kier molecular flexibility index (Phi) is 6.66. The number of carbonyl (C=O) groups is 1. The molecule has 1 amide bonds. The molecule has 3 aliphatic rings. The SMILES string of the molecule is COc1ncc(N2CCc3ncnc(OC4CCN(C(=O)CC5CCOCC5)C4)c3C2)cc1N. The number of amides is 1. The first-order valence-corrected chi connectivity index (χ1v) is 12.0. The van der Waals surface area contributed by atoms with Crippen molar-refractivity contribution in [2.24, 2.45) is 5.92 Å². The second-order valence-corrected chi connectivity index (χ2v) is 9.20. The molecule has 182 valence electrons. The molecule has 2 saturated heterocycles. The zero-order chi connectivity index (χ0) is 23.5. The summed E-state index contributed by atoms with van der Waals surface area (Å²) in [5.74, 6) is 1.68. The highest BCUT2D eigenvalue weighted by Gasteiger charge is 2.31. The number of pyridine rings is 1. The number of carbonyl (C=O) groups excluding carboxylic acids is 1. The number of rotatable bonds is 6. The monoisotopic (exact) mass is 468 g/mol. The first-order chi connectivity index (χ1) is 16.6. The lowest BCUT2D eigenvalue weighted by molar-refractivity contribution is -0.132. The van der Waals surface area contributed by atoms with Gasteiger partial charge in [-0.1, -0.05) is 0 Å². The minimum absolute atomic E-state index is 0.0636. The lowest BCUT2D eigenvalue weighted by atomic mass is 9.96. The van der Waals surface area contributed by atoms with Crippen LogP contribution in [0.5, 0.6) is 11.8 Å². The largest absolute Gasteiger partial charge is 0.480 e. The first kappa shape index (κ1) is 22.6. The van der Waals surface area contributed by atoms with Crippen molar-refractivity contribution in [3.05, 3.63) is 29.8 Å². The maximum absolute atomic E-state index is 12.8. The minimum Gasteiger partial charge on any atom is -0.480 e. The number of nitrogens with zero attached hydrogens (tertiary/aromatic N) is 5. The van der Waals surface area contributed by atoms with Gasteiger partial charge in [-0.2, -0.15) is 0 Å². The third kappa shape index (κ3) is 4.86. The van der Waals surface area contributed by atoms with Crippen molar-refractivity contribution in [3.63, 3.8) is 0 Å². The summed E-state index contributed by atoms with van der Waals surface area (Å²) < 4.78 is 16.9. The molecule has 3 aliphatic heterocycles. The molecule has 34 heavy (non-hydrogen) atoms. The summed E-state index contributed by atoms with van der Waals surface area (Å²) in [5.41, 5.74) is 9.47. The quantitative estimate of drug-likeness (QED) is 0.678. The van der Waals surface area contributed by atoms with Crippen LogP contribution < -0.4 is 20.1 Å². The number of hydrogen-bond donors (Lipinski definition) is 1. The van der Waals surface area contributed by atoms with Crippen LogP contribution in [0.3, 0.4) is 0 Å². The highest BCUT2D eigenvalue weighted by molar-refractivity contribution is 5.76. The van der Waals surface area contributed by atoms with Gasteiger partial charge in [-0.15, -0.1) is 0 Å². The number of nitrogen functional groups attached to an aromatic ring is 1.